The summed E-state index contributed by atoms with van der Waals surface area (Å²) >= 11 is 0. The summed E-state index contributed by atoms with van der Waals surface area (Å²) in [6, 6.07) is 16.7. The molecule has 2 aromatic carbocycles. The fourth-order valence-electron chi connectivity index (χ4n) is 3.28. The Labute approximate surface area is 162 Å². The van der Waals surface area contributed by atoms with Crippen LogP contribution in [0.2, 0.25) is 0 Å². The highest BCUT2D eigenvalue weighted by Gasteiger charge is 2.11. The van der Waals surface area contributed by atoms with E-state index >= 15 is 0 Å². The monoisotopic (exact) mass is 364 g/mol. The van der Waals surface area contributed by atoms with Crippen molar-refractivity contribution in [3.8, 4) is 5.75 Å². The Morgan fingerprint density at radius 2 is 1.93 bits per heavy atom. The Hall–Kier alpha value is -2.95. The number of ether oxygens (including phenoxy) is 1. The van der Waals surface area contributed by atoms with Gasteiger partial charge in [-0.2, -0.15) is 0 Å². The maximum absolute atomic E-state index is 5.45. The molecule has 0 fully saturated rings. The van der Waals surface area contributed by atoms with Crippen LogP contribution < -0.4 is 15.0 Å². The van der Waals surface area contributed by atoms with E-state index in [1.807, 2.05) is 32.3 Å². The summed E-state index contributed by atoms with van der Waals surface area (Å²) < 4.78 is 5.45. The molecule has 0 radical (unpaired) electrons. The molecule has 3 rings (SSSR count). The standard InChI is InChI=1S/C22H28N4O/c1-23-22(25(2)17-19-10-4-5-12-21(19)27-3)24-16-18-9-8-11-20(15-18)26-13-6-7-14-26/h4-12,15H,13-14,16-17H2,1-3H3,(H,23,24). The number of aliphatic imine (C=N–C) groups is 1. The molecule has 0 amide bonds. The minimum Gasteiger partial charge on any atom is -0.496 e. The van der Waals surface area contributed by atoms with Crippen molar-refractivity contribution in [2.75, 3.05) is 39.2 Å². The molecule has 1 aliphatic heterocycles. The van der Waals surface area contributed by atoms with Gasteiger partial charge in [0.15, 0.2) is 5.96 Å². The third kappa shape index (κ3) is 4.82. The summed E-state index contributed by atoms with van der Waals surface area (Å²) in [7, 11) is 5.55. The van der Waals surface area contributed by atoms with Gasteiger partial charge in [0.1, 0.15) is 5.75 Å². The smallest absolute Gasteiger partial charge is 0.193 e. The van der Waals surface area contributed by atoms with Crippen LogP contribution in [-0.2, 0) is 13.1 Å². The molecule has 1 N–H and O–H groups in total. The first-order valence-corrected chi connectivity index (χ1v) is 9.24. The second kappa shape index (κ2) is 9.12. The zero-order valence-electron chi connectivity index (χ0n) is 16.4. The molecule has 2 aromatic rings. The van der Waals surface area contributed by atoms with Crippen LogP contribution in [0.5, 0.6) is 5.75 Å². The van der Waals surface area contributed by atoms with Crippen molar-refractivity contribution in [2.24, 2.45) is 4.99 Å². The van der Waals surface area contributed by atoms with Crippen molar-refractivity contribution in [1.29, 1.82) is 0 Å². The highest BCUT2D eigenvalue weighted by molar-refractivity contribution is 5.79. The molecule has 142 valence electrons. The van der Waals surface area contributed by atoms with Gasteiger partial charge in [0.2, 0.25) is 0 Å². The number of para-hydroxylation sites is 1. The highest BCUT2D eigenvalue weighted by atomic mass is 16.5. The minimum atomic E-state index is 0.725. The average Bonchev–Trinajstić information content (AvgIpc) is 3.24. The van der Waals surface area contributed by atoms with Crippen molar-refractivity contribution in [2.45, 2.75) is 13.1 Å². The van der Waals surface area contributed by atoms with Gasteiger partial charge in [-0.15, -0.1) is 0 Å². The second-order valence-corrected chi connectivity index (χ2v) is 6.61. The molecule has 27 heavy (non-hydrogen) atoms. The minimum absolute atomic E-state index is 0.725. The van der Waals surface area contributed by atoms with Crippen LogP contribution in [0.1, 0.15) is 11.1 Å². The molecule has 0 aliphatic carbocycles. The lowest BCUT2D eigenvalue weighted by atomic mass is 10.2. The summed E-state index contributed by atoms with van der Waals surface area (Å²) in [4.78, 5) is 8.88. The van der Waals surface area contributed by atoms with Crippen LogP contribution in [0, 0.1) is 0 Å². The van der Waals surface area contributed by atoms with E-state index in [0.29, 0.717) is 0 Å². The van der Waals surface area contributed by atoms with Crippen molar-refractivity contribution in [3.05, 3.63) is 71.8 Å². The molecule has 1 aliphatic rings. The van der Waals surface area contributed by atoms with Crippen LogP contribution >= 0.6 is 0 Å². The molecule has 1 heterocycles. The third-order valence-electron chi connectivity index (χ3n) is 4.72. The van der Waals surface area contributed by atoms with E-state index in [-0.39, 0.29) is 0 Å². The van der Waals surface area contributed by atoms with Gasteiger partial charge in [-0.1, -0.05) is 42.5 Å². The largest absolute Gasteiger partial charge is 0.496 e. The third-order valence-corrected chi connectivity index (χ3v) is 4.72. The predicted molar refractivity (Wildman–Crippen MR) is 112 cm³/mol. The first-order chi connectivity index (χ1) is 13.2. The molecule has 5 nitrogen and oxygen atoms in total. The fraction of sp³-hybridized carbons (Fsp3) is 0.318. The Balaban J connectivity index is 1.61. The van der Waals surface area contributed by atoms with Gasteiger partial charge in [0.05, 0.1) is 7.11 Å². The number of nitrogens with one attached hydrogen (secondary N) is 1. The lowest BCUT2D eigenvalue weighted by Crippen LogP contribution is -2.38. The SMILES string of the molecule is CN=C(NCc1cccc(N2CC=CC2)c1)N(C)Cc1ccccc1OC. The van der Waals surface area contributed by atoms with Crippen LogP contribution in [0.3, 0.4) is 0 Å². The number of anilines is 1. The van der Waals surface area contributed by atoms with Crippen LogP contribution in [0.25, 0.3) is 0 Å². The summed E-state index contributed by atoms with van der Waals surface area (Å²) in [6.45, 7) is 3.43. The molecule has 0 saturated heterocycles. The van der Waals surface area contributed by atoms with Crippen LogP contribution in [-0.4, -0.2) is 45.2 Å². The quantitative estimate of drug-likeness (QED) is 0.485. The van der Waals surface area contributed by atoms with E-state index in [4.69, 9.17) is 4.74 Å². The lowest BCUT2D eigenvalue weighted by molar-refractivity contribution is 0.396. The summed E-state index contributed by atoms with van der Waals surface area (Å²) in [5.74, 6) is 1.75. The van der Waals surface area contributed by atoms with Crippen LogP contribution in [0.15, 0.2) is 65.7 Å². The van der Waals surface area contributed by atoms with Gasteiger partial charge in [-0.05, 0) is 23.8 Å². The molecular formula is C22H28N4O. The Kier molecular flexibility index (Phi) is 6.36. The van der Waals surface area contributed by atoms with E-state index in [0.717, 1.165) is 43.5 Å². The van der Waals surface area contributed by atoms with Gasteiger partial charge < -0.3 is 19.9 Å². The van der Waals surface area contributed by atoms with E-state index in [2.05, 4.69) is 62.6 Å². The normalized spacial score (nSPS) is 13.7. The van der Waals surface area contributed by atoms with E-state index in [9.17, 15) is 0 Å². The molecule has 0 aromatic heterocycles. The number of benzene rings is 2. The molecule has 0 unspecified atom stereocenters. The number of methoxy groups -OCH3 is 1. The van der Waals surface area contributed by atoms with Gasteiger partial charge >= 0.3 is 0 Å². The maximum Gasteiger partial charge on any atom is 0.193 e. The molecule has 0 atom stereocenters. The Bertz CT molecular complexity index is 807. The summed E-state index contributed by atoms with van der Waals surface area (Å²) in [6.07, 6.45) is 4.42. The van der Waals surface area contributed by atoms with Crippen LogP contribution in [0.4, 0.5) is 5.69 Å². The van der Waals surface area contributed by atoms with Gasteiger partial charge in [0, 0.05) is 51.5 Å². The summed E-state index contributed by atoms with van der Waals surface area (Å²) in [5, 5.41) is 3.46. The fourth-order valence-corrected chi connectivity index (χ4v) is 3.28. The first kappa shape index (κ1) is 18.8. The lowest BCUT2D eigenvalue weighted by Gasteiger charge is -2.23. The van der Waals surface area contributed by atoms with Gasteiger partial charge in [0.25, 0.3) is 0 Å². The van der Waals surface area contributed by atoms with E-state index < -0.39 is 0 Å². The Morgan fingerprint density at radius 1 is 1.15 bits per heavy atom. The predicted octanol–water partition coefficient (Wildman–Crippen LogP) is 3.28. The van der Waals surface area contributed by atoms with Crippen molar-refractivity contribution >= 4 is 11.6 Å². The number of nitrogens with zero attached hydrogens (tertiary/aromatic N) is 3. The van der Waals surface area contributed by atoms with Crippen molar-refractivity contribution in [1.82, 2.24) is 10.2 Å². The average molecular weight is 364 g/mol. The van der Waals surface area contributed by atoms with Gasteiger partial charge in [-0.25, -0.2) is 0 Å². The number of hydrogen-bond acceptors (Lipinski definition) is 3. The Morgan fingerprint density at radius 3 is 2.67 bits per heavy atom. The number of rotatable bonds is 6. The number of hydrogen-bond donors (Lipinski definition) is 1. The van der Waals surface area contributed by atoms with Crippen molar-refractivity contribution < 1.29 is 4.74 Å². The zero-order valence-corrected chi connectivity index (χ0v) is 16.4. The second-order valence-electron chi connectivity index (χ2n) is 6.61. The summed E-state index contributed by atoms with van der Waals surface area (Å²) in [5.41, 5.74) is 3.64. The molecule has 5 heteroatoms. The molecule has 0 saturated carbocycles. The first-order valence-electron chi connectivity index (χ1n) is 9.24. The van der Waals surface area contributed by atoms with Crippen molar-refractivity contribution in [3.63, 3.8) is 0 Å². The molecular weight excluding hydrogens is 336 g/mol. The topological polar surface area (TPSA) is 40.1 Å². The van der Waals surface area contributed by atoms with Gasteiger partial charge in [-0.3, -0.25) is 4.99 Å². The molecule has 0 bridgehead atoms. The zero-order chi connectivity index (χ0) is 19.1. The molecule has 0 spiro atoms. The van der Waals surface area contributed by atoms with E-state index in [1.54, 1.807) is 7.11 Å². The number of guanidine groups is 1. The maximum atomic E-state index is 5.45. The van der Waals surface area contributed by atoms with E-state index in [1.165, 1.54) is 11.3 Å². The highest BCUT2D eigenvalue weighted by Crippen LogP contribution is 2.20.